The zero-order chi connectivity index (χ0) is 11.1. The van der Waals surface area contributed by atoms with Crippen molar-refractivity contribution < 1.29 is 14.6 Å². The fourth-order valence-corrected chi connectivity index (χ4v) is 1.32. The first-order chi connectivity index (χ1) is 7.24. The lowest BCUT2D eigenvalue weighted by Crippen LogP contribution is -2.28. The molecule has 0 amide bonds. The molecule has 1 aromatic carbocycles. The fraction of sp³-hybridized carbons (Fsp3) is 0.364. The third-order valence-electron chi connectivity index (χ3n) is 2.06. The Labute approximate surface area is 88.9 Å². The molecule has 1 atom stereocenters. The Kier molecular flexibility index (Phi) is 4.80. The summed E-state index contributed by atoms with van der Waals surface area (Å²) in [5.74, 6) is -0.863. The molecule has 0 fully saturated rings. The molecule has 0 bridgehead atoms. The number of hydrogen-bond acceptors (Lipinski definition) is 3. The molecule has 4 heteroatoms. The Morgan fingerprint density at radius 1 is 1.47 bits per heavy atom. The van der Waals surface area contributed by atoms with Gasteiger partial charge in [-0.15, -0.1) is 0 Å². The highest BCUT2D eigenvalue weighted by atomic mass is 16.5. The van der Waals surface area contributed by atoms with Gasteiger partial charge in [-0.1, -0.05) is 30.3 Å². The van der Waals surface area contributed by atoms with Gasteiger partial charge < -0.3 is 15.2 Å². The van der Waals surface area contributed by atoms with Crippen molar-refractivity contribution in [3.63, 3.8) is 0 Å². The van der Waals surface area contributed by atoms with Gasteiger partial charge in [-0.05, 0) is 5.56 Å². The predicted molar refractivity (Wildman–Crippen MR) is 56.7 cm³/mol. The van der Waals surface area contributed by atoms with Crippen molar-refractivity contribution in [3.05, 3.63) is 35.9 Å². The highest BCUT2D eigenvalue weighted by molar-refractivity contribution is 5.68. The number of carbonyl (C=O) groups is 1. The predicted octanol–water partition coefficient (Wildman–Crippen LogP) is 1.05. The van der Waals surface area contributed by atoms with Gasteiger partial charge in [0.25, 0.3) is 0 Å². The van der Waals surface area contributed by atoms with Crippen molar-refractivity contribution in [2.24, 2.45) is 0 Å². The van der Waals surface area contributed by atoms with Crippen molar-refractivity contribution in [3.8, 4) is 0 Å². The summed E-state index contributed by atoms with van der Waals surface area (Å²) in [7, 11) is 1.61. The van der Waals surface area contributed by atoms with E-state index < -0.39 is 5.97 Å². The molecular formula is C11H15NO3. The molecule has 4 nitrogen and oxygen atoms in total. The lowest BCUT2D eigenvalue weighted by Gasteiger charge is -2.15. The van der Waals surface area contributed by atoms with Crippen LogP contribution in [0.1, 0.15) is 11.7 Å². The Balaban J connectivity index is 2.46. The zero-order valence-electron chi connectivity index (χ0n) is 8.64. The van der Waals surface area contributed by atoms with Crippen molar-refractivity contribution >= 4 is 5.97 Å². The minimum atomic E-state index is -0.863. The smallest absolute Gasteiger partial charge is 0.317 e. The van der Waals surface area contributed by atoms with E-state index in [2.05, 4.69) is 5.32 Å². The molecule has 15 heavy (non-hydrogen) atoms. The summed E-state index contributed by atoms with van der Waals surface area (Å²) >= 11 is 0. The fourth-order valence-electron chi connectivity index (χ4n) is 1.32. The molecule has 0 aliphatic heterocycles. The van der Waals surface area contributed by atoms with Gasteiger partial charge in [0.2, 0.25) is 0 Å². The van der Waals surface area contributed by atoms with Gasteiger partial charge in [-0.3, -0.25) is 4.79 Å². The van der Waals surface area contributed by atoms with Crippen LogP contribution in [0.15, 0.2) is 30.3 Å². The lowest BCUT2D eigenvalue weighted by molar-refractivity contribution is -0.136. The Morgan fingerprint density at radius 3 is 2.67 bits per heavy atom. The molecule has 1 rings (SSSR count). The molecule has 0 heterocycles. The summed E-state index contributed by atoms with van der Waals surface area (Å²) in [4.78, 5) is 10.3. The summed E-state index contributed by atoms with van der Waals surface area (Å²) in [6.07, 6.45) is -0.106. The number of ether oxygens (including phenoxy) is 1. The van der Waals surface area contributed by atoms with Crippen molar-refractivity contribution in [1.29, 1.82) is 0 Å². The van der Waals surface area contributed by atoms with E-state index in [-0.39, 0.29) is 12.6 Å². The second kappa shape index (κ2) is 6.16. The van der Waals surface area contributed by atoms with Crippen molar-refractivity contribution in [2.75, 3.05) is 20.2 Å². The second-order valence-electron chi connectivity index (χ2n) is 3.16. The van der Waals surface area contributed by atoms with Crippen molar-refractivity contribution in [1.82, 2.24) is 5.32 Å². The number of hydrogen-bond donors (Lipinski definition) is 2. The second-order valence-corrected chi connectivity index (χ2v) is 3.16. The van der Waals surface area contributed by atoms with Crippen LogP contribution >= 0.6 is 0 Å². The van der Waals surface area contributed by atoms with Crippen LogP contribution in [0.2, 0.25) is 0 Å². The van der Waals surface area contributed by atoms with E-state index in [1.54, 1.807) is 7.11 Å². The van der Waals surface area contributed by atoms with Crippen LogP contribution < -0.4 is 5.32 Å². The molecule has 0 saturated heterocycles. The molecular weight excluding hydrogens is 194 g/mol. The van der Waals surface area contributed by atoms with Gasteiger partial charge in [-0.25, -0.2) is 0 Å². The Bertz CT molecular complexity index is 300. The van der Waals surface area contributed by atoms with Crippen LogP contribution in [0.5, 0.6) is 0 Å². The van der Waals surface area contributed by atoms with E-state index in [1.165, 1.54) is 0 Å². The van der Waals surface area contributed by atoms with E-state index in [9.17, 15) is 4.79 Å². The summed E-state index contributed by atoms with van der Waals surface area (Å²) in [5.41, 5.74) is 1.04. The minimum Gasteiger partial charge on any atom is -0.480 e. The highest BCUT2D eigenvalue weighted by Crippen LogP contribution is 2.14. The monoisotopic (exact) mass is 209 g/mol. The summed E-state index contributed by atoms with van der Waals surface area (Å²) in [5, 5.41) is 11.3. The maximum absolute atomic E-state index is 10.3. The van der Waals surface area contributed by atoms with Crippen LogP contribution in [0, 0.1) is 0 Å². The topological polar surface area (TPSA) is 58.6 Å². The largest absolute Gasteiger partial charge is 0.480 e. The average molecular weight is 209 g/mol. The molecule has 0 radical (unpaired) electrons. The number of aliphatic carboxylic acids is 1. The first kappa shape index (κ1) is 11.7. The van der Waals surface area contributed by atoms with Gasteiger partial charge in [-0.2, -0.15) is 0 Å². The molecule has 0 aliphatic rings. The van der Waals surface area contributed by atoms with E-state index in [1.807, 2.05) is 30.3 Å². The van der Waals surface area contributed by atoms with Crippen molar-refractivity contribution in [2.45, 2.75) is 6.10 Å². The molecule has 0 spiro atoms. The molecule has 82 valence electrons. The number of benzene rings is 1. The van der Waals surface area contributed by atoms with Gasteiger partial charge >= 0.3 is 5.97 Å². The maximum atomic E-state index is 10.3. The van der Waals surface area contributed by atoms with Gasteiger partial charge in [0.15, 0.2) is 0 Å². The normalized spacial score (nSPS) is 12.3. The highest BCUT2D eigenvalue weighted by Gasteiger charge is 2.09. The van der Waals surface area contributed by atoms with Crippen LogP contribution in [0.25, 0.3) is 0 Å². The summed E-state index contributed by atoms with van der Waals surface area (Å²) in [6.45, 7) is 0.444. The number of rotatable bonds is 6. The number of carboxylic acids is 1. The van der Waals surface area contributed by atoms with Crippen LogP contribution in [-0.2, 0) is 9.53 Å². The molecule has 1 aromatic rings. The summed E-state index contributed by atoms with van der Waals surface area (Å²) in [6, 6.07) is 9.70. The average Bonchev–Trinajstić information content (AvgIpc) is 2.25. The molecule has 0 aliphatic carbocycles. The first-order valence-corrected chi connectivity index (χ1v) is 4.74. The number of methoxy groups -OCH3 is 1. The minimum absolute atomic E-state index is 0.0489. The Morgan fingerprint density at radius 2 is 2.13 bits per heavy atom. The van der Waals surface area contributed by atoms with Gasteiger partial charge in [0.05, 0.1) is 12.6 Å². The third kappa shape index (κ3) is 4.10. The number of carboxylic acid groups (broad SMARTS) is 1. The lowest BCUT2D eigenvalue weighted by atomic mass is 10.1. The third-order valence-corrected chi connectivity index (χ3v) is 2.06. The molecule has 0 saturated carbocycles. The van der Waals surface area contributed by atoms with E-state index in [4.69, 9.17) is 9.84 Å². The molecule has 0 unspecified atom stereocenters. The SMILES string of the molecule is CO[C@H](CNCC(=O)O)c1ccccc1. The van der Waals surface area contributed by atoms with Crippen LogP contribution in [-0.4, -0.2) is 31.3 Å². The molecule has 2 N–H and O–H groups in total. The summed E-state index contributed by atoms with van der Waals surface area (Å²) < 4.78 is 5.26. The van der Waals surface area contributed by atoms with E-state index in [0.717, 1.165) is 5.56 Å². The van der Waals surface area contributed by atoms with Crippen LogP contribution in [0.3, 0.4) is 0 Å². The molecule has 0 aromatic heterocycles. The maximum Gasteiger partial charge on any atom is 0.317 e. The zero-order valence-corrected chi connectivity index (χ0v) is 8.64. The first-order valence-electron chi connectivity index (χ1n) is 4.74. The standard InChI is InChI=1S/C11H15NO3/c1-15-10(7-12-8-11(13)14)9-5-3-2-4-6-9/h2-6,10,12H,7-8H2,1H3,(H,13,14)/t10-/m1/s1. The van der Waals surface area contributed by atoms with Gasteiger partial charge in [0.1, 0.15) is 0 Å². The van der Waals surface area contributed by atoms with Gasteiger partial charge in [0, 0.05) is 13.7 Å². The van der Waals surface area contributed by atoms with E-state index in [0.29, 0.717) is 6.54 Å². The quantitative estimate of drug-likeness (QED) is 0.735. The Hall–Kier alpha value is -1.39. The number of nitrogens with one attached hydrogen (secondary N) is 1. The van der Waals surface area contributed by atoms with Crippen LogP contribution in [0.4, 0.5) is 0 Å². The van der Waals surface area contributed by atoms with E-state index >= 15 is 0 Å².